The number of aliphatic imine (C=N–C) groups is 3. The van der Waals surface area contributed by atoms with E-state index in [1.165, 1.54) is 0 Å². The molecule has 11 bridgehead atoms. The van der Waals surface area contributed by atoms with Crippen molar-refractivity contribution >= 4 is 64.8 Å². The molecular formula is C73H104ClCoN5O19. The van der Waals surface area contributed by atoms with Crippen LogP contribution in [0.15, 0.2) is 73.2 Å². The van der Waals surface area contributed by atoms with Gasteiger partial charge in [0.1, 0.15) is 0 Å². The standard InChI is InChI=1S/C73H105N5O15.ClHO4.Co/c1-15-33-87-54(80)27-24-49-61-45(7)66-70(11,31-30-57(83)90-36-18-4)52(43-59(85)91-37-19-5)67(77-66)73(14)72(13,44-60(86)92-38-20-6)51(26-29-56(82)89-35-17-3)62(78-73)46(8)65-71(12)32-39-93-58(84)42-48-23-21-22-47(40-48)41-53(79)74-64(68(75-61)69(49,9)10)63(76-65)50(71)25-28-55(81)88-34-16-2;2-1(3,4)5;/h21-23,40,49-52,67H,15-20,24-39,41-44H2,1-14H3,(H2,74,75,76,77,78,79);(H,2,3,4,5);/q;;+2/p-2/t49-,50-,51+,52-,67+,70-,71+,72+,73-;;/m0../s1. The maximum atomic E-state index is 15.3. The van der Waals surface area contributed by atoms with E-state index in [1.54, 1.807) is 6.07 Å². The molecule has 1 aromatic carbocycles. The first-order valence-corrected chi connectivity index (χ1v) is 36.2. The number of fused-ring (bicyclic) bond motifs is 10. The molecule has 7 rings (SSSR count). The van der Waals surface area contributed by atoms with Crippen LogP contribution in [0.4, 0.5) is 0 Å². The van der Waals surface area contributed by atoms with Crippen molar-refractivity contribution in [2.75, 3.05) is 46.2 Å². The Morgan fingerprint density at radius 2 is 1.07 bits per heavy atom. The molecule has 1 N–H and O–H groups in total. The Labute approximate surface area is 596 Å². The van der Waals surface area contributed by atoms with E-state index in [-0.39, 0.29) is 146 Å². The number of amides is 1. The Hall–Kier alpha value is -6.35. The number of hydrogen-bond donors (Lipinski definition) is 1. The summed E-state index contributed by atoms with van der Waals surface area (Å²) < 4.78 is 75.2. The summed E-state index contributed by atoms with van der Waals surface area (Å²) in [7, 11) is -4.94. The SMILES string of the molecule is CCCOC(=O)CC[C@@H]1C2=C(C)C3=N/C4=C(\NC(=O)Cc5cccc(c5)CC(=O)OCC[C@]3(C)[C@H]4CCC(=O)OCCC)C3=NC(=C(C)C4=N[C@H]([C@H](CC(=O)OCCC)[C@]4(C)CCC(=O)OCCC)[C@](C)([N-]2)[C@]1(C)CC(=O)OCCC)[C@H](CCC(=O)OCCC)C3(C)C.[Co+2].[O-][Cl+3]([O-])([O-])[O-]. The molecule has 0 saturated carbocycles. The summed E-state index contributed by atoms with van der Waals surface area (Å²) in [5.41, 5.74) is -0.375. The minimum absolute atomic E-state index is 0. The average Bonchev–Trinajstić information content (AvgIpc) is 1.53. The molecule has 24 nitrogen and oxygen atoms in total. The van der Waals surface area contributed by atoms with Gasteiger partial charge in [-0.25, -0.2) is 18.6 Å². The van der Waals surface area contributed by atoms with Gasteiger partial charge < -0.3 is 43.8 Å². The molecule has 1 fully saturated rings. The normalized spacial score (nSPS) is 27.0. The van der Waals surface area contributed by atoms with E-state index >= 15 is 4.79 Å². The third-order valence-electron chi connectivity index (χ3n) is 20.4. The van der Waals surface area contributed by atoms with Gasteiger partial charge in [0.25, 0.3) is 0 Å². The fraction of sp³-hybridized carbons (Fsp3) is 0.685. The second-order valence-electron chi connectivity index (χ2n) is 28.0. The van der Waals surface area contributed by atoms with Gasteiger partial charge >= 0.3 is 58.6 Å². The van der Waals surface area contributed by atoms with E-state index in [0.29, 0.717) is 101 Å². The first kappa shape index (κ1) is 83.3. The number of carbonyl (C=O) groups is 8. The van der Waals surface area contributed by atoms with Crippen LogP contribution in [0.1, 0.15) is 217 Å². The van der Waals surface area contributed by atoms with E-state index in [4.69, 9.17) is 72.1 Å². The second kappa shape index (κ2) is 36.5. The summed E-state index contributed by atoms with van der Waals surface area (Å²) >= 11 is 0. The first-order valence-electron chi connectivity index (χ1n) is 35.0. The fourth-order valence-electron chi connectivity index (χ4n) is 15.2. The van der Waals surface area contributed by atoms with Crippen molar-refractivity contribution in [1.82, 2.24) is 5.32 Å². The predicted molar refractivity (Wildman–Crippen MR) is 354 cm³/mol. The molecule has 0 spiro atoms. The van der Waals surface area contributed by atoms with E-state index in [9.17, 15) is 33.6 Å². The van der Waals surface area contributed by atoms with Gasteiger partial charge in [-0.05, 0) is 118 Å². The van der Waals surface area contributed by atoms with Crippen LogP contribution in [0, 0.1) is 55.6 Å². The maximum absolute atomic E-state index is 15.3. The Bertz CT molecular complexity index is 3290. The predicted octanol–water partition coefficient (Wildman–Crippen LogP) is 7.86. The summed E-state index contributed by atoms with van der Waals surface area (Å²) in [6.45, 7) is 28.5. The van der Waals surface area contributed by atoms with Gasteiger partial charge in [0, 0.05) is 82.8 Å². The minimum Gasteiger partial charge on any atom is -0.680 e. The molecule has 0 unspecified atom stereocenters. The van der Waals surface area contributed by atoms with Crippen LogP contribution < -0.4 is 24.0 Å². The maximum Gasteiger partial charge on any atom is 2.00 e. The molecule has 6 heterocycles. The molecule has 1 radical (unpaired) electrons. The molecule has 1 aromatic rings. The van der Waals surface area contributed by atoms with Crippen LogP contribution in [0.25, 0.3) is 5.32 Å². The molecule has 0 aromatic heterocycles. The number of benzene rings is 1. The topological polar surface area (TPSA) is 357 Å². The monoisotopic (exact) mass is 1450 g/mol. The van der Waals surface area contributed by atoms with E-state index in [0.717, 1.165) is 0 Å². The van der Waals surface area contributed by atoms with Crippen molar-refractivity contribution in [2.45, 2.75) is 231 Å². The quantitative estimate of drug-likeness (QED) is 0.0616. The molecule has 9 atom stereocenters. The second-order valence-corrected chi connectivity index (χ2v) is 28.8. The van der Waals surface area contributed by atoms with E-state index < -0.39 is 115 Å². The Morgan fingerprint density at radius 1 is 0.606 bits per heavy atom. The van der Waals surface area contributed by atoms with Crippen LogP contribution >= 0.6 is 0 Å². The number of esters is 7. The molecule has 1 amide bonds. The Kier molecular flexibility index (Phi) is 30.7. The Balaban J connectivity index is 0.00000284. The number of hydrogen-bond acceptors (Lipinski definition) is 22. The van der Waals surface area contributed by atoms with Crippen LogP contribution in [-0.2, 0) is 101 Å². The number of nitrogens with one attached hydrogen (secondary N) is 1. The molecule has 26 heteroatoms. The summed E-state index contributed by atoms with van der Waals surface area (Å²) in [6.07, 6.45) is 3.54. The van der Waals surface area contributed by atoms with Gasteiger partial charge in [-0.3, -0.25) is 53.3 Å². The molecule has 6 aliphatic heterocycles. The van der Waals surface area contributed by atoms with Crippen LogP contribution in [0.5, 0.6) is 0 Å². The van der Waals surface area contributed by atoms with Gasteiger partial charge in [-0.15, -0.1) is 10.2 Å². The smallest absolute Gasteiger partial charge is 0.680 e. The van der Waals surface area contributed by atoms with Crippen molar-refractivity contribution in [3.8, 4) is 0 Å². The number of allylic oxidation sites excluding steroid dienone is 6. The molecule has 1 saturated heterocycles. The molecule has 99 heavy (non-hydrogen) atoms. The number of carbonyl (C=O) groups excluding carboxylic acids is 8. The molecule has 6 aliphatic rings. The minimum atomic E-state index is -4.94. The first-order chi connectivity index (χ1) is 46.2. The average molecular weight is 1450 g/mol. The van der Waals surface area contributed by atoms with Gasteiger partial charge in [0.15, 0.2) is 0 Å². The van der Waals surface area contributed by atoms with Crippen molar-refractivity contribution in [3.63, 3.8) is 0 Å². The molecule has 0 aliphatic carbocycles. The fourth-order valence-corrected chi connectivity index (χ4v) is 15.2. The third kappa shape index (κ3) is 20.3. The van der Waals surface area contributed by atoms with Crippen LogP contribution in [-0.4, -0.2) is 123 Å². The third-order valence-corrected chi connectivity index (χ3v) is 20.4. The summed E-state index contributed by atoms with van der Waals surface area (Å²) in [5, 5.41) is 9.40. The number of rotatable bonds is 28. The van der Waals surface area contributed by atoms with Gasteiger partial charge in [-0.1, -0.05) is 113 Å². The van der Waals surface area contributed by atoms with Crippen LogP contribution in [0.3, 0.4) is 0 Å². The van der Waals surface area contributed by atoms with Crippen LogP contribution in [0.2, 0.25) is 0 Å². The summed E-state index contributed by atoms with van der Waals surface area (Å²) in [6, 6.07) is 6.30. The zero-order valence-corrected chi connectivity index (χ0v) is 62.1. The van der Waals surface area contributed by atoms with E-state index in [1.807, 2.05) is 115 Å². The van der Waals surface area contributed by atoms with Crippen molar-refractivity contribution in [1.29, 1.82) is 0 Å². The van der Waals surface area contributed by atoms with Crippen molar-refractivity contribution < 1.29 is 117 Å². The zero-order chi connectivity index (χ0) is 72.6. The number of halogens is 1. The van der Waals surface area contributed by atoms with Gasteiger partial charge in [-0.2, -0.15) is 5.70 Å². The van der Waals surface area contributed by atoms with Crippen molar-refractivity contribution in [2.24, 2.45) is 60.3 Å². The zero-order valence-electron chi connectivity index (χ0n) is 60.3. The number of cyclic esters (lactones) is 1. The molecular weight excluding hydrogens is 1350 g/mol. The Morgan fingerprint density at radius 3 is 1.60 bits per heavy atom. The summed E-state index contributed by atoms with van der Waals surface area (Å²) in [4.78, 5) is 132. The van der Waals surface area contributed by atoms with Gasteiger partial charge in [0.05, 0.1) is 89.0 Å². The molecule has 551 valence electrons. The summed E-state index contributed by atoms with van der Waals surface area (Å²) in [5.74, 6) is -6.45. The van der Waals surface area contributed by atoms with Crippen molar-refractivity contribution in [3.05, 3.63) is 74.6 Å². The van der Waals surface area contributed by atoms with E-state index in [2.05, 4.69) is 5.32 Å². The number of nitrogens with zero attached hydrogens (tertiary/aromatic N) is 4. The number of ether oxygens (including phenoxy) is 7. The van der Waals surface area contributed by atoms with Gasteiger partial charge in [0.2, 0.25) is 5.91 Å². The largest absolute Gasteiger partial charge is 2.00 e.